The van der Waals surface area contributed by atoms with Crippen molar-refractivity contribution in [3.05, 3.63) is 74.0 Å². The Morgan fingerprint density at radius 1 is 1.27 bits per heavy atom. The number of anilines is 1. The van der Waals surface area contributed by atoms with Crippen molar-refractivity contribution in [2.24, 2.45) is 4.99 Å². The standard InChI is InChI=1S/C19H18N4O2S/c1-2-25-16-7-5-15(6-8-16)22-12-21-19-23(13-22)18(24)17(26-19)10-14-4-3-9-20-11-14/h3-11H,2,12-13H2,1H3. The van der Waals surface area contributed by atoms with Crippen LogP contribution in [0, 0.1) is 0 Å². The Bertz CT molecular complexity index is 1070. The lowest BCUT2D eigenvalue weighted by atomic mass is 10.3. The Balaban J connectivity index is 1.63. The van der Waals surface area contributed by atoms with Crippen LogP contribution in [0.1, 0.15) is 12.5 Å². The minimum absolute atomic E-state index is 0.0201. The van der Waals surface area contributed by atoms with Crippen LogP contribution in [0.25, 0.3) is 6.08 Å². The third kappa shape index (κ3) is 3.25. The van der Waals surface area contributed by atoms with E-state index in [1.54, 1.807) is 17.0 Å². The third-order valence-electron chi connectivity index (χ3n) is 4.07. The molecule has 2 aromatic heterocycles. The molecule has 0 spiro atoms. The van der Waals surface area contributed by atoms with Crippen molar-refractivity contribution in [1.82, 2.24) is 9.55 Å². The summed E-state index contributed by atoms with van der Waals surface area (Å²) < 4.78 is 7.87. The molecule has 0 radical (unpaired) electrons. The molecule has 0 aliphatic carbocycles. The monoisotopic (exact) mass is 366 g/mol. The van der Waals surface area contributed by atoms with E-state index in [1.165, 1.54) is 11.3 Å². The molecular formula is C19H18N4O2S. The molecule has 1 aromatic carbocycles. The van der Waals surface area contributed by atoms with Gasteiger partial charge in [-0.25, -0.2) is 4.99 Å². The number of benzene rings is 1. The zero-order valence-corrected chi connectivity index (χ0v) is 15.1. The molecule has 1 aliphatic rings. The number of rotatable bonds is 4. The molecule has 0 saturated heterocycles. The minimum atomic E-state index is -0.0201. The van der Waals surface area contributed by atoms with Crippen LogP contribution in [0.5, 0.6) is 5.75 Å². The van der Waals surface area contributed by atoms with Gasteiger partial charge in [-0.05, 0) is 48.9 Å². The molecule has 0 N–H and O–H groups in total. The van der Waals surface area contributed by atoms with Gasteiger partial charge in [-0.1, -0.05) is 17.4 Å². The van der Waals surface area contributed by atoms with Gasteiger partial charge in [-0.3, -0.25) is 14.3 Å². The SMILES string of the molecule is CCOc1ccc(N2CN=c3sc(=Cc4cccnc4)c(=O)n3C2)cc1. The first-order chi connectivity index (χ1) is 12.7. The molecule has 0 bridgehead atoms. The van der Waals surface area contributed by atoms with Crippen LogP contribution in [-0.4, -0.2) is 22.8 Å². The van der Waals surface area contributed by atoms with Crippen molar-refractivity contribution in [2.45, 2.75) is 13.6 Å². The molecule has 132 valence electrons. The maximum absolute atomic E-state index is 12.7. The van der Waals surface area contributed by atoms with Crippen molar-refractivity contribution in [3.63, 3.8) is 0 Å². The summed E-state index contributed by atoms with van der Waals surface area (Å²) in [6.45, 7) is 3.62. The molecule has 0 saturated carbocycles. The van der Waals surface area contributed by atoms with Gasteiger partial charge < -0.3 is 9.64 Å². The summed E-state index contributed by atoms with van der Waals surface area (Å²) in [5.74, 6) is 0.840. The molecule has 7 heteroatoms. The number of fused-ring (bicyclic) bond motifs is 1. The molecule has 0 unspecified atom stereocenters. The van der Waals surface area contributed by atoms with Crippen molar-refractivity contribution in [1.29, 1.82) is 0 Å². The van der Waals surface area contributed by atoms with Gasteiger partial charge in [0.25, 0.3) is 5.56 Å². The highest BCUT2D eigenvalue weighted by atomic mass is 32.1. The first kappa shape index (κ1) is 16.5. The number of nitrogens with zero attached hydrogens (tertiary/aromatic N) is 4. The maximum Gasteiger partial charge on any atom is 0.271 e. The van der Waals surface area contributed by atoms with E-state index in [1.807, 2.05) is 49.4 Å². The quantitative estimate of drug-likeness (QED) is 0.704. The maximum atomic E-state index is 12.7. The van der Waals surface area contributed by atoms with Gasteiger partial charge in [0, 0.05) is 18.1 Å². The third-order valence-corrected chi connectivity index (χ3v) is 5.12. The summed E-state index contributed by atoms with van der Waals surface area (Å²) in [4.78, 5) is 24.2. The first-order valence-corrected chi connectivity index (χ1v) is 9.20. The van der Waals surface area contributed by atoms with Crippen LogP contribution in [-0.2, 0) is 6.67 Å². The van der Waals surface area contributed by atoms with Crippen LogP contribution in [0.4, 0.5) is 5.69 Å². The van der Waals surface area contributed by atoms with Gasteiger partial charge in [0.1, 0.15) is 19.1 Å². The second-order valence-corrected chi connectivity index (χ2v) is 6.83. The normalized spacial score (nSPS) is 14.0. The average molecular weight is 366 g/mol. The number of thiazole rings is 1. The van der Waals surface area contributed by atoms with Crippen LogP contribution in [0.3, 0.4) is 0 Å². The molecule has 0 amide bonds. The smallest absolute Gasteiger partial charge is 0.271 e. The Labute approximate surface area is 154 Å². The largest absolute Gasteiger partial charge is 0.494 e. The summed E-state index contributed by atoms with van der Waals surface area (Å²) in [6.07, 6.45) is 5.32. The van der Waals surface area contributed by atoms with Crippen LogP contribution in [0.15, 0.2) is 58.6 Å². The molecule has 0 atom stereocenters. The fourth-order valence-electron chi connectivity index (χ4n) is 2.81. The van der Waals surface area contributed by atoms with Gasteiger partial charge in [-0.15, -0.1) is 0 Å². The van der Waals surface area contributed by atoms with E-state index in [2.05, 4.69) is 14.9 Å². The van der Waals surface area contributed by atoms with E-state index in [9.17, 15) is 4.79 Å². The number of hydrogen-bond acceptors (Lipinski definition) is 6. The van der Waals surface area contributed by atoms with Gasteiger partial charge in [0.15, 0.2) is 4.80 Å². The summed E-state index contributed by atoms with van der Waals surface area (Å²) in [6, 6.07) is 11.6. The van der Waals surface area contributed by atoms with E-state index in [0.29, 0.717) is 24.5 Å². The number of pyridine rings is 1. The average Bonchev–Trinajstić information content (AvgIpc) is 2.99. The fraction of sp³-hybridized carbons (Fsp3) is 0.211. The molecule has 4 rings (SSSR count). The molecule has 0 fully saturated rings. The van der Waals surface area contributed by atoms with Crippen molar-refractivity contribution in [3.8, 4) is 5.75 Å². The van der Waals surface area contributed by atoms with Crippen LogP contribution in [0.2, 0.25) is 0 Å². The zero-order valence-electron chi connectivity index (χ0n) is 14.3. The highest BCUT2D eigenvalue weighted by Crippen LogP contribution is 2.20. The minimum Gasteiger partial charge on any atom is -0.494 e. The number of aromatic nitrogens is 2. The lowest BCUT2D eigenvalue weighted by molar-refractivity contribution is 0.340. The van der Waals surface area contributed by atoms with Gasteiger partial charge in [0.2, 0.25) is 0 Å². The molecule has 1 aliphatic heterocycles. The van der Waals surface area contributed by atoms with E-state index < -0.39 is 0 Å². The second-order valence-electron chi connectivity index (χ2n) is 5.82. The highest BCUT2D eigenvalue weighted by Gasteiger charge is 2.16. The van der Waals surface area contributed by atoms with Crippen LogP contribution < -0.4 is 24.5 Å². The summed E-state index contributed by atoms with van der Waals surface area (Å²) in [5.41, 5.74) is 1.90. The molecular weight excluding hydrogens is 348 g/mol. The predicted molar refractivity (Wildman–Crippen MR) is 102 cm³/mol. The van der Waals surface area contributed by atoms with Crippen LogP contribution >= 0.6 is 11.3 Å². The lowest BCUT2D eigenvalue weighted by Gasteiger charge is -2.25. The van der Waals surface area contributed by atoms with Gasteiger partial charge >= 0.3 is 0 Å². The topological polar surface area (TPSA) is 59.7 Å². The molecule has 3 heterocycles. The number of ether oxygens (including phenoxy) is 1. The van der Waals surface area contributed by atoms with E-state index in [4.69, 9.17) is 4.74 Å². The van der Waals surface area contributed by atoms with Gasteiger partial charge in [-0.2, -0.15) is 0 Å². The van der Waals surface area contributed by atoms with Gasteiger partial charge in [0.05, 0.1) is 11.1 Å². The first-order valence-electron chi connectivity index (χ1n) is 8.38. The molecule has 26 heavy (non-hydrogen) atoms. The van der Waals surface area contributed by atoms with E-state index >= 15 is 0 Å². The highest BCUT2D eigenvalue weighted by molar-refractivity contribution is 7.07. The van der Waals surface area contributed by atoms with Crippen molar-refractivity contribution >= 4 is 23.1 Å². The van der Waals surface area contributed by atoms with E-state index in [0.717, 1.165) is 21.8 Å². The molecule has 6 nitrogen and oxygen atoms in total. The second kappa shape index (κ2) is 7.13. The summed E-state index contributed by atoms with van der Waals surface area (Å²) in [7, 11) is 0. The predicted octanol–water partition coefficient (Wildman–Crippen LogP) is 1.59. The van der Waals surface area contributed by atoms with Crippen molar-refractivity contribution in [2.75, 3.05) is 18.2 Å². The summed E-state index contributed by atoms with van der Waals surface area (Å²) in [5, 5.41) is 0. The Hall–Kier alpha value is -2.93. The zero-order chi connectivity index (χ0) is 17.9. The Kier molecular flexibility index (Phi) is 4.53. The summed E-state index contributed by atoms with van der Waals surface area (Å²) >= 11 is 1.42. The molecule has 3 aromatic rings. The van der Waals surface area contributed by atoms with E-state index in [-0.39, 0.29) is 5.56 Å². The Morgan fingerprint density at radius 3 is 2.85 bits per heavy atom. The number of hydrogen-bond donors (Lipinski definition) is 0. The van der Waals surface area contributed by atoms with Crippen molar-refractivity contribution < 1.29 is 4.74 Å². The lowest BCUT2D eigenvalue weighted by Crippen LogP contribution is -2.42. The Morgan fingerprint density at radius 2 is 2.12 bits per heavy atom. The fourth-order valence-corrected chi connectivity index (χ4v) is 3.77.